The Morgan fingerprint density at radius 3 is 2.35 bits per heavy atom. The zero-order chi connectivity index (χ0) is 29.9. The van der Waals surface area contributed by atoms with Gasteiger partial charge in [0.05, 0.1) is 11.3 Å². The molecule has 0 saturated carbocycles. The quantitative estimate of drug-likeness (QED) is 0.201. The SMILES string of the molecule is CC(=O)Nc1ncc(C2=C(C(=O)OC(c3ccccc3)c3ccccc3)N3C(=O)C(NC(=O)Cc4cccs4)C3SC2)s1. The van der Waals surface area contributed by atoms with E-state index in [4.69, 9.17) is 4.74 Å². The minimum atomic E-state index is -0.766. The third-order valence-corrected chi connectivity index (χ3v) is 10.0. The molecule has 12 heteroatoms. The molecule has 9 nitrogen and oxygen atoms in total. The van der Waals surface area contributed by atoms with Crippen molar-refractivity contribution in [2.45, 2.75) is 30.9 Å². The number of amides is 3. The summed E-state index contributed by atoms with van der Waals surface area (Å²) in [5, 5.41) is 7.34. The molecule has 1 saturated heterocycles. The Bertz CT molecular complexity index is 1650. The molecule has 3 amide bonds. The smallest absolute Gasteiger partial charge is 0.356 e. The summed E-state index contributed by atoms with van der Waals surface area (Å²) in [7, 11) is 0. The molecule has 2 aromatic heterocycles. The molecule has 0 aliphatic carbocycles. The standard InChI is InChI=1S/C31H26N4O5S3/c1-18(36)33-31-32-16-23(43-31)22-17-42-29-25(34-24(37)15-21-13-8-14-41-21)28(38)35(29)26(22)30(39)40-27(19-9-4-2-5-10-19)20-11-6-3-7-12-20/h2-14,16,25,27,29H,15,17H2,1H3,(H,34,37)(H,32,33,36). The first kappa shape index (κ1) is 28.8. The van der Waals surface area contributed by atoms with Crippen LogP contribution < -0.4 is 10.6 Å². The number of esters is 1. The van der Waals surface area contributed by atoms with Gasteiger partial charge in [0, 0.05) is 29.3 Å². The van der Waals surface area contributed by atoms with Crippen LogP contribution in [0, 0.1) is 0 Å². The normalized spacial score (nSPS) is 17.7. The van der Waals surface area contributed by atoms with Crippen molar-refractivity contribution in [2.75, 3.05) is 11.1 Å². The van der Waals surface area contributed by atoms with Crippen LogP contribution >= 0.6 is 34.4 Å². The summed E-state index contributed by atoms with van der Waals surface area (Å²) in [6.07, 6.45) is 1.04. The van der Waals surface area contributed by atoms with E-state index >= 15 is 0 Å². The first-order valence-corrected chi connectivity index (χ1v) is 16.2. The van der Waals surface area contributed by atoms with E-state index in [-0.39, 0.29) is 29.8 Å². The van der Waals surface area contributed by atoms with Gasteiger partial charge in [-0.3, -0.25) is 19.3 Å². The topological polar surface area (TPSA) is 118 Å². The van der Waals surface area contributed by atoms with E-state index in [0.717, 1.165) is 16.0 Å². The molecule has 4 aromatic rings. The van der Waals surface area contributed by atoms with Crippen LogP contribution in [-0.2, 0) is 30.3 Å². The number of thiophene rings is 1. The van der Waals surface area contributed by atoms with Gasteiger partial charge in [0.25, 0.3) is 5.91 Å². The highest BCUT2D eigenvalue weighted by Gasteiger charge is 2.55. The van der Waals surface area contributed by atoms with Gasteiger partial charge in [-0.1, -0.05) is 78.1 Å². The van der Waals surface area contributed by atoms with Crippen LogP contribution in [0.1, 0.15) is 33.9 Å². The number of ether oxygens (including phenoxy) is 1. The monoisotopic (exact) mass is 630 g/mol. The number of fused-ring (bicyclic) bond motifs is 1. The van der Waals surface area contributed by atoms with Gasteiger partial charge in [0.2, 0.25) is 11.8 Å². The lowest BCUT2D eigenvalue weighted by Gasteiger charge is -2.49. The fourth-order valence-electron chi connectivity index (χ4n) is 4.96. The second-order valence-corrected chi connectivity index (χ2v) is 13.0. The van der Waals surface area contributed by atoms with Crippen molar-refractivity contribution in [2.24, 2.45) is 0 Å². The molecule has 2 N–H and O–H groups in total. The summed E-state index contributed by atoms with van der Waals surface area (Å²) in [5.41, 5.74) is 2.26. The predicted molar refractivity (Wildman–Crippen MR) is 167 cm³/mol. The molecule has 2 aromatic carbocycles. The second kappa shape index (κ2) is 12.5. The molecule has 2 unspecified atom stereocenters. The van der Waals surface area contributed by atoms with Crippen molar-refractivity contribution in [1.29, 1.82) is 0 Å². The predicted octanol–water partition coefficient (Wildman–Crippen LogP) is 4.85. The maximum Gasteiger partial charge on any atom is 0.356 e. The summed E-state index contributed by atoms with van der Waals surface area (Å²) in [6, 6.07) is 21.8. The van der Waals surface area contributed by atoms with Crippen LogP contribution in [0.25, 0.3) is 5.57 Å². The van der Waals surface area contributed by atoms with Gasteiger partial charge in [0.15, 0.2) is 11.2 Å². The van der Waals surface area contributed by atoms with Crippen LogP contribution in [0.4, 0.5) is 5.13 Å². The van der Waals surface area contributed by atoms with Crippen molar-refractivity contribution in [3.63, 3.8) is 0 Å². The average Bonchev–Trinajstić information content (AvgIpc) is 3.70. The Kier molecular flexibility index (Phi) is 8.41. The Morgan fingerprint density at radius 2 is 1.72 bits per heavy atom. The fraction of sp³-hybridized carbons (Fsp3) is 0.194. The zero-order valence-electron chi connectivity index (χ0n) is 22.9. The van der Waals surface area contributed by atoms with Crippen molar-refractivity contribution in [3.8, 4) is 0 Å². The molecular formula is C31H26N4O5S3. The van der Waals surface area contributed by atoms with Crippen LogP contribution in [-0.4, -0.2) is 50.7 Å². The number of thioether (sulfide) groups is 1. The number of thiazole rings is 1. The molecule has 218 valence electrons. The molecule has 0 radical (unpaired) electrons. The largest absolute Gasteiger partial charge is 0.448 e. The highest BCUT2D eigenvalue weighted by Crippen LogP contribution is 2.45. The lowest BCUT2D eigenvalue weighted by Crippen LogP contribution is -2.70. The summed E-state index contributed by atoms with van der Waals surface area (Å²) >= 11 is 4.14. The highest BCUT2D eigenvalue weighted by molar-refractivity contribution is 8.00. The Morgan fingerprint density at radius 1 is 1.02 bits per heavy atom. The number of aromatic nitrogens is 1. The number of benzene rings is 2. The number of β-lactam (4-membered cyclic amide) rings is 1. The molecule has 1 fully saturated rings. The van der Waals surface area contributed by atoms with Gasteiger partial charge < -0.3 is 15.4 Å². The number of anilines is 1. The third-order valence-electron chi connectivity index (χ3n) is 6.91. The minimum Gasteiger partial charge on any atom is -0.448 e. The van der Waals surface area contributed by atoms with Crippen molar-refractivity contribution in [1.82, 2.24) is 15.2 Å². The zero-order valence-corrected chi connectivity index (χ0v) is 25.3. The fourth-order valence-corrected chi connectivity index (χ4v) is 8.03. The summed E-state index contributed by atoms with van der Waals surface area (Å²) < 4.78 is 6.20. The lowest BCUT2D eigenvalue weighted by molar-refractivity contribution is -0.154. The number of hydrogen-bond acceptors (Lipinski definition) is 9. The number of nitrogens with one attached hydrogen (secondary N) is 2. The van der Waals surface area contributed by atoms with E-state index < -0.39 is 23.5 Å². The number of rotatable bonds is 9. The van der Waals surface area contributed by atoms with Gasteiger partial charge in [0.1, 0.15) is 17.1 Å². The third kappa shape index (κ3) is 6.12. The molecule has 43 heavy (non-hydrogen) atoms. The maximum atomic E-state index is 14.1. The number of nitrogens with zero attached hydrogens (tertiary/aromatic N) is 2. The van der Waals surface area contributed by atoms with Gasteiger partial charge >= 0.3 is 5.97 Å². The van der Waals surface area contributed by atoms with Crippen molar-refractivity contribution >= 4 is 68.8 Å². The Hall–Kier alpha value is -4.26. The first-order chi connectivity index (χ1) is 20.9. The van der Waals surface area contributed by atoms with E-state index in [2.05, 4.69) is 15.6 Å². The average molecular weight is 631 g/mol. The van der Waals surface area contributed by atoms with Crippen molar-refractivity contribution < 1.29 is 23.9 Å². The van der Waals surface area contributed by atoms with Gasteiger partial charge in [-0.15, -0.1) is 23.1 Å². The van der Waals surface area contributed by atoms with Crippen LogP contribution in [0.15, 0.2) is 90.1 Å². The van der Waals surface area contributed by atoms with E-state index in [1.165, 1.54) is 46.3 Å². The second-order valence-electron chi connectivity index (χ2n) is 9.86. The molecule has 0 bridgehead atoms. The summed E-state index contributed by atoms with van der Waals surface area (Å²) in [5.74, 6) is -1.19. The Labute approximate surface area is 260 Å². The van der Waals surface area contributed by atoms with E-state index in [1.54, 1.807) is 6.20 Å². The minimum absolute atomic E-state index is 0.118. The van der Waals surface area contributed by atoms with Gasteiger partial charge in [-0.2, -0.15) is 0 Å². The summed E-state index contributed by atoms with van der Waals surface area (Å²) in [4.78, 5) is 59.3. The number of hydrogen-bond donors (Lipinski definition) is 2. The molecule has 2 aliphatic rings. The van der Waals surface area contributed by atoms with E-state index in [0.29, 0.717) is 21.3 Å². The molecule has 2 aliphatic heterocycles. The highest BCUT2D eigenvalue weighted by atomic mass is 32.2. The van der Waals surface area contributed by atoms with Crippen LogP contribution in [0.2, 0.25) is 0 Å². The Balaban J connectivity index is 1.33. The number of carbonyl (C=O) groups excluding carboxylic acids is 4. The van der Waals surface area contributed by atoms with Gasteiger partial charge in [-0.05, 0) is 22.6 Å². The van der Waals surface area contributed by atoms with Crippen molar-refractivity contribution in [3.05, 3.63) is 111 Å². The first-order valence-electron chi connectivity index (χ1n) is 13.4. The van der Waals surface area contributed by atoms with Crippen LogP contribution in [0.3, 0.4) is 0 Å². The number of carbonyl (C=O) groups is 4. The molecular weight excluding hydrogens is 605 g/mol. The molecule has 6 rings (SSSR count). The van der Waals surface area contributed by atoms with Gasteiger partial charge in [-0.25, -0.2) is 9.78 Å². The van der Waals surface area contributed by atoms with E-state index in [9.17, 15) is 19.2 Å². The molecule has 4 heterocycles. The molecule has 2 atom stereocenters. The molecule has 0 spiro atoms. The lowest BCUT2D eigenvalue weighted by atomic mass is 10.0. The maximum absolute atomic E-state index is 14.1. The van der Waals surface area contributed by atoms with Crippen LogP contribution in [0.5, 0.6) is 0 Å². The van der Waals surface area contributed by atoms with E-state index in [1.807, 2.05) is 78.2 Å². The summed E-state index contributed by atoms with van der Waals surface area (Å²) in [6.45, 7) is 1.39.